The van der Waals surface area contributed by atoms with Crippen LogP contribution in [0.5, 0.6) is 0 Å². The molecule has 0 aliphatic carbocycles. The van der Waals surface area contributed by atoms with Crippen molar-refractivity contribution < 1.29 is 13.2 Å². The van der Waals surface area contributed by atoms with Crippen LogP contribution < -0.4 is 5.32 Å². The van der Waals surface area contributed by atoms with Crippen molar-refractivity contribution in [2.24, 2.45) is 0 Å². The lowest BCUT2D eigenvalue weighted by molar-refractivity contribution is -0.141. The number of fused-ring (bicyclic) bond motifs is 1. The maximum atomic E-state index is 13.0. The van der Waals surface area contributed by atoms with E-state index in [0.717, 1.165) is 24.1 Å². The van der Waals surface area contributed by atoms with Gasteiger partial charge in [-0.3, -0.25) is 0 Å². The Bertz CT molecular complexity index is 603. The first-order valence-corrected chi connectivity index (χ1v) is 5.86. The molecule has 0 atom stereocenters. The van der Waals surface area contributed by atoms with E-state index in [0.29, 0.717) is 13.0 Å². The number of alkyl halides is 3. The number of hydrogen-bond acceptors (Lipinski definition) is 3. The molecule has 100 valence electrons. The van der Waals surface area contributed by atoms with Gasteiger partial charge in [-0.25, -0.2) is 9.97 Å². The molecule has 0 radical (unpaired) electrons. The highest BCUT2D eigenvalue weighted by Crippen LogP contribution is 2.32. The second kappa shape index (κ2) is 4.34. The van der Waals surface area contributed by atoms with Gasteiger partial charge < -0.3 is 9.88 Å². The molecule has 4 nitrogen and oxygen atoms in total. The van der Waals surface area contributed by atoms with Crippen LogP contribution in [0.25, 0.3) is 5.69 Å². The van der Waals surface area contributed by atoms with Crippen LogP contribution in [0.3, 0.4) is 0 Å². The first-order chi connectivity index (χ1) is 9.07. The van der Waals surface area contributed by atoms with Crippen LogP contribution in [0.15, 0.2) is 24.7 Å². The largest absolute Gasteiger partial charge is 0.435 e. The number of aromatic nitrogens is 3. The first kappa shape index (κ1) is 12.2. The van der Waals surface area contributed by atoms with Crippen molar-refractivity contribution >= 4 is 0 Å². The van der Waals surface area contributed by atoms with E-state index >= 15 is 0 Å². The number of nitrogens with one attached hydrogen (secondary N) is 1. The summed E-state index contributed by atoms with van der Waals surface area (Å²) in [5.41, 5.74) is 0.764. The Morgan fingerprint density at radius 3 is 2.89 bits per heavy atom. The summed E-state index contributed by atoms with van der Waals surface area (Å²) in [4.78, 5) is 7.63. The molecule has 1 N–H and O–H groups in total. The van der Waals surface area contributed by atoms with Gasteiger partial charge in [-0.1, -0.05) is 0 Å². The Labute approximate surface area is 107 Å². The van der Waals surface area contributed by atoms with Gasteiger partial charge in [-0.05, 0) is 12.1 Å². The lowest BCUT2D eigenvalue weighted by atomic mass is 10.1. The molecule has 1 aliphatic rings. The summed E-state index contributed by atoms with van der Waals surface area (Å²) in [6, 6.07) is 2.91. The molecule has 0 saturated heterocycles. The van der Waals surface area contributed by atoms with Crippen LogP contribution in [-0.4, -0.2) is 21.1 Å². The van der Waals surface area contributed by atoms with E-state index in [9.17, 15) is 13.2 Å². The van der Waals surface area contributed by atoms with Crippen molar-refractivity contribution in [2.75, 3.05) is 6.54 Å². The monoisotopic (exact) mass is 268 g/mol. The molecule has 0 amide bonds. The van der Waals surface area contributed by atoms with Gasteiger partial charge in [-0.2, -0.15) is 13.2 Å². The molecular weight excluding hydrogens is 257 g/mol. The van der Waals surface area contributed by atoms with E-state index in [-0.39, 0.29) is 5.69 Å². The van der Waals surface area contributed by atoms with Gasteiger partial charge in [0.2, 0.25) is 0 Å². The molecule has 0 bridgehead atoms. The Hall–Kier alpha value is -1.89. The second-order valence-corrected chi connectivity index (χ2v) is 4.30. The van der Waals surface area contributed by atoms with Crippen LogP contribution in [0, 0.1) is 0 Å². The van der Waals surface area contributed by atoms with Gasteiger partial charge >= 0.3 is 6.18 Å². The summed E-state index contributed by atoms with van der Waals surface area (Å²) in [5, 5.41) is 3.14. The van der Waals surface area contributed by atoms with E-state index in [1.165, 1.54) is 23.0 Å². The number of nitrogens with zero attached hydrogens (tertiary/aromatic N) is 3. The summed E-state index contributed by atoms with van der Waals surface area (Å²) >= 11 is 0. The fraction of sp³-hybridized carbons (Fsp3) is 0.333. The highest BCUT2D eigenvalue weighted by atomic mass is 19.4. The normalized spacial score (nSPS) is 15.3. The zero-order chi connectivity index (χ0) is 13.5. The molecule has 1 aliphatic heterocycles. The summed E-state index contributed by atoms with van der Waals surface area (Å²) in [6.07, 6.45) is -1.23. The molecule has 2 aromatic heterocycles. The standard InChI is InChI=1S/C12H11F3N4/c13-12(14,15)11-10(2-1-4-17-11)19-7-18-8-6-16-5-3-9(8)19/h1-2,4,7,16H,3,5-6H2. The molecule has 19 heavy (non-hydrogen) atoms. The molecule has 0 saturated carbocycles. The topological polar surface area (TPSA) is 42.7 Å². The van der Waals surface area contributed by atoms with E-state index in [4.69, 9.17) is 0 Å². The highest BCUT2D eigenvalue weighted by molar-refractivity contribution is 5.41. The quantitative estimate of drug-likeness (QED) is 0.859. The third-order valence-electron chi connectivity index (χ3n) is 3.10. The average molecular weight is 268 g/mol. The lowest BCUT2D eigenvalue weighted by Gasteiger charge is -2.17. The zero-order valence-corrected chi connectivity index (χ0v) is 9.91. The average Bonchev–Trinajstić information content (AvgIpc) is 2.81. The SMILES string of the molecule is FC(F)(F)c1ncccc1-n1cnc2c1CCNC2. The Morgan fingerprint density at radius 1 is 1.26 bits per heavy atom. The van der Waals surface area contributed by atoms with Crippen LogP contribution in [0.2, 0.25) is 0 Å². The van der Waals surface area contributed by atoms with Crippen molar-refractivity contribution in [1.29, 1.82) is 0 Å². The maximum absolute atomic E-state index is 13.0. The predicted molar refractivity (Wildman–Crippen MR) is 61.8 cm³/mol. The van der Waals surface area contributed by atoms with Crippen molar-refractivity contribution in [1.82, 2.24) is 19.9 Å². The number of hydrogen-bond donors (Lipinski definition) is 1. The van der Waals surface area contributed by atoms with Gasteiger partial charge in [0, 0.05) is 31.4 Å². The second-order valence-electron chi connectivity index (χ2n) is 4.30. The Morgan fingerprint density at radius 2 is 2.11 bits per heavy atom. The maximum Gasteiger partial charge on any atom is 0.435 e. The molecule has 3 heterocycles. The van der Waals surface area contributed by atoms with E-state index < -0.39 is 11.9 Å². The minimum absolute atomic E-state index is 0.0330. The van der Waals surface area contributed by atoms with Gasteiger partial charge in [-0.15, -0.1) is 0 Å². The van der Waals surface area contributed by atoms with Gasteiger partial charge in [0.1, 0.15) is 0 Å². The van der Waals surface area contributed by atoms with Gasteiger partial charge in [0.15, 0.2) is 5.69 Å². The number of halogens is 3. The van der Waals surface area contributed by atoms with Crippen molar-refractivity contribution in [3.63, 3.8) is 0 Å². The fourth-order valence-electron chi connectivity index (χ4n) is 2.25. The first-order valence-electron chi connectivity index (χ1n) is 5.86. The lowest BCUT2D eigenvalue weighted by Crippen LogP contribution is -2.25. The summed E-state index contributed by atoms with van der Waals surface area (Å²) in [6.45, 7) is 1.32. The molecule has 0 aromatic carbocycles. The third kappa shape index (κ3) is 2.10. The van der Waals surface area contributed by atoms with Gasteiger partial charge in [0.25, 0.3) is 0 Å². The van der Waals surface area contributed by atoms with Gasteiger partial charge in [0.05, 0.1) is 17.7 Å². The zero-order valence-electron chi connectivity index (χ0n) is 9.91. The molecule has 3 rings (SSSR count). The van der Waals surface area contributed by atoms with Crippen molar-refractivity contribution in [3.8, 4) is 5.69 Å². The minimum Gasteiger partial charge on any atom is -0.311 e. The molecule has 0 unspecified atom stereocenters. The van der Waals surface area contributed by atoms with E-state index in [1.807, 2.05) is 0 Å². The smallest absolute Gasteiger partial charge is 0.311 e. The van der Waals surface area contributed by atoms with Crippen molar-refractivity contribution in [3.05, 3.63) is 41.7 Å². The summed E-state index contributed by atoms with van der Waals surface area (Å²) in [7, 11) is 0. The van der Waals surface area contributed by atoms with E-state index in [2.05, 4.69) is 15.3 Å². The van der Waals surface area contributed by atoms with Crippen LogP contribution in [0.1, 0.15) is 17.1 Å². The molecule has 7 heteroatoms. The predicted octanol–water partition coefficient (Wildman–Crippen LogP) is 1.93. The highest BCUT2D eigenvalue weighted by Gasteiger charge is 2.36. The van der Waals surface area contributed by atoms with Crippen LogP contribution in [0.4, 0.5) is 13.2 Å². The number of pyridine rings is 1. The van der Waals surface area contributed by atoms with Crippen LogP contribution >= 0.6 is 0 Å². The fourth-order valence-corrected chi connectivity index (χ4v) is 2.25. The minimum atomic E-state index is -4.47. The molecular formula is C12H11F3N4. The van der Waals surface area contributed by atoms with E-state index in [1.54, 1.807) is 0 Å². The molecule has 0 spiro atoms. The molecule has 0 fully saturated rings. The summed E-state index contributed by atoms with van der Waals surface area (Å²) in [5.74, 6) is 0. The Kier molecular flexibility index (Phi) is 2.78. The summed E-state index contributed by atoms with van der Waals surface area (Å²) < 4.78 is 40.4. The third-order valence-corrected chi connectivity index (χ3v) is 3.10. The Balaban J connectivity index is 2.15. The van der Waals surface area contributed by atoms with Crippen LogP contribution in [-0.2, 0) is 19.1 Å². The van der Waals surface area contributed by atoms with Crippen molar-refractivity contribution in [2.45, 2.75) is 19.1 Å². The molecule has 2 aromatic rings. The number of rotatable bonds is 1. The number of imidazole rings is 1.